The van der Waals surface area contributed by atoms with Crippen LogP contribution in [0.2, 0.25) is 0 Å². The SMILES string of the molecule is CCC(C(=O)NCc1c(-c2ccccc2)c2cc(OC)ccc2c(=O)n1C)N(C)C. The minimum absolute atomic E-state index is 0.0558. The van der Waals surface area contributed by atoms with Gasteiger partial charge in [-0.2, -0.15) is 0 Å². The molecule has 0 radical (unpaired) electrons. The molecule has 6 nitrogen and oxygen atoms in total. The number of hydrogen-bond acceptors (Lipinski definition) is 4. The van der Waals surface area contributed by atoms with Gasteiger partial charge < -0.3 is 14.6 Å². The highest BCUT2D eigenvalue weighted by Crippen LogP contribution is 2.32. The molecule has 0 saturated heterocycles. The van der Waals surface area contributed by atoms with Gasteiger partial charge in [0.15, 0.2) is 0 Å². The molecule has 2 aromatic carbocycles. The van der Waals surface area contributed by atoms with Crippen molar-refractivity contribution in [3.8, 4) is 16.9 Å². The number of nitrogens with zero attached hydrogens (tertiary/aromatic N) is 2. The molecule has 1 aromatic heterocycles. The number of likely N-dealkylation sites (N-methyl/N-ethyl adjacent to an activating group) is 1. The van der Waals surface area contributed by atoms with Gasteiger partial charge in [0.1, 0.15) is 5.75 Å². The van der Waals surface area contributed by atoms with Crippen LogP contribution in [-0.2, 0) is 18.4 Å². The van der Waals surface area contributed by atoms with E-state index in [9.17, 15) is 9.59 Å². The number of amides is 1. The first-order valence-electron chi connectivity index (χ1n) is 10.1. The third-order valence-corrected chi connectivity index (χ3v) is 5.53. The summed E-state index contributed by atoms with van der Waals surface area (Å²) in [5, 5.41) is 4.46. The van der Waals surface area contributed by atoms with E-state index in [0.717, 1.165) is 22.2 Å². The van der Waals surface area contributed by atoms with Crippen LogP contribution in [0.5, 0.6) is 5.75 Å². The Morgan fingerprint density at radius 1 is 1.13 bits per heavy atom. The summed E-state index contributed by atoms with van der Waals surface area (Å²) < 4.78 is 7.04. The Labute approximate surface area is 177 Å². The normalized spacial score (nSPS) is 12.2. The van der Waals surface area contributed by atoms with Crippen LogP contribution in [0.4, 0.5) is 0 Å². The van der Waals surface area contributed by atoms with Crippen LogP contribution in [0.25, 0.3) is 21.9 Å². The van der Waals surface area contributed by atoms with Crippen LogP contribution in [0.3, 0.4) is 0 Å². The Balaban J connectivity index is 2.18. The molecule has 30 heavy (non-hydrogen) atoms. The van der Waals surface area contributed by atoms with Gasteiger partial charge in [-0.15, -0.1) is 0 Å². The molecule has 158 valence electrons. The lowest BCUT2D eigenvalue weighted by Gasteiger charge is -2.23. The van der Waals surface area contributed by atoms with Crippen molar-refractivity contribution < 1.29 is 9.53 Å². The van der Waals surface area contributed by atoms with Gasteiger partial charge in [0, 0.05) is 29.1 Å². The Kier molecular flexibility index (Phi) is 6.57. The number of fused-ring (bicyclic) bond motifs is 1. The smallest absolute Gasteiger partial charge is 0.258 e. The summed E-state index contributed by atoms with van der Waals surface area (Å²) in [6, 6.07) is 15.2. The van der Waals surface area contributed by atoms with E-state index >= 15 is 0 Å². The highest BCUT2D eigenvalue weighted by Gasteiger charge is 2.21. The van der Waals surface area contributed by atoms with E-state index in [4.69, 9.17) is 4.74 Å². The zero-order valence-electron chi connectivity index (χ0n) is 18.2. The molecule has 3 aromatic rings. The van der Waals surface area contributed by atoms with Gasteiger partial charge in [0.05, 0.1) is 19.7 Å². The van der Waals surface area contributed by atoms with Gasteiger partial charge in [-0.05, 0) is 44.3 Å². The van der Waals surface area contributed by atoms with E-state index in [-0.39, 0.29) is 24.1 Å². The second kappa shape index (κ2) is 9.13. The first-order valence-corrected chi connectivity index (χ1v) is 10.1. The molecule has 0 bridgehead atoms. The molecular weight excluding hydrogens is 378 g/mol. The van der Waals surface area contributed by atoms with Crippen molar-refractivity contribution in [3.63, 3.8) is 0 Å². The molecule has 6 heteroatoms. The number of hydrogen-bond donors (Lipinski definition) is 1. The fraction of sp³-hybridized carbons (Fsp3) is 0.333. The number of rotatable bonds is 7. The number of nitrogens with one attached hydrogen (secondary N) is 1. The predicted molar refractivity (Wildman–Crippen MR) is 121 cm³/mol. The third-order valence-electron chi connectivity index (χ3n) is 5.53. The molecule has 0 saturated carbocycles. The summed E-state index contributed by atoms with van der Waals surface area (Å²) >= 11 is 0. The summed E-state index contributed by atoms with van der Waals surface area (Å²) in [5.41, 5.74) is 2.56. The second-order valence-corrected chi connectivity index (χ2v) is 7.57. The van der Waals surface area contributed by atoms with Crippen molar-refractivity contribution in [2.75, 3.05) is 21.2 Å². The summed E-state index contributed by atoms with van der Waals surface area (Å²) in [6.45, 7) is 2.24. The molecule has 1 amide bonds. The molecule has 3 rings (SSSR count). The average Bonchev–Trinajstić information content (AvgIpc) is 2.75. The van der Waals surface area contributed by atoms with Gasteiger partial charge in [-0.3, -0.25) is 14.5 Å². The molecule has 1 atom stereocenters. The molecule has 0 aliphatic rings. The molecule has 0 aliphatic heterocycles. The van der Waals surface area contributed by atoms with E-state index in [0.29, 0.717) is 17.6 Å². The lowest BCUT2D eigenvalue weighted by atomic mass is 9.96. The van der Waals surface area contributed by atoms with Crippen molar-refractivity contribution in [2.24, 2.45) is 7.05 Å². The zero-order valence-corrected chi connectivity index (χ0v) is 18.2. The Morgan fingerprint density at radius 2 is 1.83 bits per heavy atom. The van der Waals surface area contributed by atoms with Crippen LogP contribution in [0.1, 0.15) is 19.0 Å². The van der Waals surface area contributed by atoms with E-state index in [1.807, 2.05) is 62.3 Å². The predicted octanol–water partition coefficient (Wildman–Crippen LogP) is 3.17. The number of ether oxygens (including phenoxy) is 1. The van der Waals surface area contributed by atoms with E-state index < -0.39 is 0 Å². The molecule has 0 spiro atoms. The van der Waals surface area contributed by atoms with Crippen LogP contribution in [-0.4, -0.2) is 42.6 Å². The van der Waals surface area contributed by atoms with Crippen LogP contribution in [0.15, 0.2) is 53.3 Å². The van der Waals surface area contributed by atoms with Crippen molar-refractivity contribution in [1.29, 1.82) is 0 Å². The third kappa shape index (κ3) is 4.09. The molecule has 1 heterocycles. The molecule has 0 aliphatic carbocycles. The quantitative estimate of drug-likeness (QED) is 0.653. The van der Waals surface area contributed by atoms with Gasteiger partial charge >= 0.3 is 0 Å². The van der Waals surface area contributed by atoms with Crippen molar-refractivity contribution in [2.45, 2.75) is 25.9 Å². The number of pyridine rings is 1. The molecule has 0 fully saturated rings. The van der Waals surface area contributed by atoms with Gasteiger partial charge in [-0.25, -0.2) is 0 Å². The first kappa shape index (κ1) is 21.6. The zero-order chi connectivity index (χ0) is 21.8. The molecule has 1 N–H and O–H groups in total. The van der Waals surface area contributed by atoms with E-state index in [1.165, 1.54) is 0 Å². The second-order valence-electron chi connectivity index (χ2n) is 7.57. The topological polar surface area (TPSA) is 63.6 Å². The average molecular weight is 408 g/mol. The summed E-state index contributed by atoms with van der Waals surface area (Å²) in [6.07, 6.45) is 0.707. The first-order chi connectivity index (χ1) is 14.4. The maximum Gasteiger partial charge on any atom is 0.258 e. The van der Waals surface area contributed by atoms with Crippen molar-refractivity contribution in [1.82, 2.24) is 14.8 Å². The monoisotopic (exact) mass is 407 g/mol. The number of benzene rings is 2. The summed E-state index contributed by atoms with van der Waals surface area (Å²) in [7, 11) is 7.14. The number of methoxy groups -OCH3 is 1. The fourth-order valence-corrected chi connectivity index (χ4v) is 3.88. The van der Waals surface area contributed by atoms with Crippen LogP contribution >= 0.6 is 0 Å². The molecule has 1 unspecified atom stereocenters. The minimum atomic E-state index is -0.220. The summed E-state index contributed by atoms with van der Waals surface area (Å²) in [4.78, 5) is 27.7. The highest BCUT2D eigenvalue weighted by atomic mass is 16.5. The number of carbonyl (C=O) groups is 1. The Hall–Kier alpha value is -3.12. The minimum Gasteiger partial charge on any atom is -0.497 e. The maximum atomic E-state index is 13.1. The van der Waals surface area contributed by atoms with Crippen molar-refractivity contribution in [3.05, 3.63) is 64.6 Å². The fourth-order valence-electron chi connectivity index (χ4n) is 3.88. The Bertz CT molecular complexity index is 1100. The largest absolute Gasteiger partial charge is 0.497 e. The van der Waals surface area contributed by atoms with Gasteiger partial charge in [0.25, 0.3) is 5.56 Å². The standard InChI is InChI=1S/C24H29N3O3/c1-6-20(26(2)3)23(28)25-15-21-22(16-10-8-7-9-11-16)19-14-17(30-5)12-13-18(19)24(29)27(21)4/h7-14,20H,6,15H2,1-5H3,(H,25,28). The Morgan fingerprint density at radius 3 is 2.43 bits per heavy atom. The van der Waals surface area contributed by atoms with Crippen LogP contribution in [0, 0.1) is 0 Å². The summed E-state index contributed by atoms with van der Waals surface area (Å²) in [5.74, 6) is 0.626. The highest BCUT2D eigenvalue weighted by molar-refractivity contribution is 5.98. The van der Waals surface area contributed by atoms with Gasteiger partial charge in [0.2, 0.25) is 5.91 Å². The van der Waals surface area contributed by atoms with Crippen LogP contribution < -0.4 is 15.6 Å². The molecular formula is C24H29N3O3. The van der Waals surface area contributed by atoms with Crippen molar-refractivity contribution >= 4 is 16.7 Å². The lowest BCUT2D eigenvalue weighted by molar-refractivity contribution is -0.125. The van der Waals surface area contributed by atoms with E-state index in [2.05, 4.69) is 5.32 Å². The number of aromatic nitrogens is 1. The number of carbonyl (C=O) groups excluding carboxylic acids is 1. The van der Waals surface area contributed by atoms with Gasteiger partial charge in [-0.1, -0.05) is 37.3 Å². The van der Waals surface area contributed by atoms with E-state index in [1.54, 1.807) is 30.9 Å². The lowest BCUT2D eigenvalue weighted by Crippen LogP contribution is -2.43. The maximum absolute atomic E-state index is 13.1.